The van der Waals surface area contributed by atoms with Gasteiger partial charge in [0.2, 0.25) is 5.91 Å². The molecular weight excluding hydrogens is 214 g/mol. The average molecular weight is 239 g/mol. The van der Waals surface area contributed by atoms with E-state index in [9.17, 15) is 4.79 Å². The fourth-order valence-electron chi connectivity index (χ4n) is 2.45. The molecule has 1 atom stereocenters. The SMILES string of the molecule is CN(C)CCC(=O)N(CC1CCCN1)C1CC1. The van der Waals surface area contributed by atoms with Gasteiger partial charge in [0.05, 0.1) is 0 Å². The zero-order valence-corrected chi connectivity index (χ0v) is 11.1. The maximum absolute atomic E-state index is 12.2. The van der Waals surface area contributed by atoms with Gasteiger partial charge in [-0.25, -0.2) is 0 Å². The molecule has 1 saturated carbocycles. The highest BCUT2D eigenvalue weighted by Crippen LogP contribution is 2.28. The number of rotatable bonds is 6. The third kappa shape index (κ3) is 3.96. The first-order valence-electron chi connectivity index (χ1n) is 6.84. The third-order valence-electron chi connectivity index (χ3n) is 3.66. The monoisotopic (exact) mass is 239 g/mol. The van der Waals surface area contributed by atoms with Crippen LogP contribution in [-0.4, -0.2) is 61.5 Å². The molecule has 4 heteroatoms. The molecule has 2 rings (SSSR count). The number of nitrogens with zero attached hydrogens (tertiary/aromatic N) is 2. The minimum Gasteiger partial charge on any atom is -0.338 e. The topological polar surface area (TPSA) is 35.6 Å². The van der Waals surface area contributed by atoms with Crippen molar-refractivity contribution in [3.8, 4) is 0 Å². The van der Waals surface area contributed by atoms with Gasteiger partial charge in [-0.15, -0.1) is 0 Å². The Bertz CT molecular complexity index is 257. The van der Waals surface area contributed by atoms with E-state index in [0.717, 1.165) is 19.6 Å². The summed E-state index contributed by atoms with van der Waals surface area (Å²) in [5.41, 5.74) is 0. The fraction of sp³-hybridized carbons (Fsp3) is 0.923. The van der Waals surface area contributed by atoms with Crippen LogP contribution < -0.4 is 5.32 Å². The Hall–Kier alpha value is -0.610. The van der Waals surface area contributed by atoms with Gasteiger partial charge in [-0.1, -0.05) is 0 Å². The minimum atomic E-state index is 0.342. The van der Waals surface area contributed by atoms with Crippen LogP contribution in [0.25, 0.3) is 0 Å². The number of amides is 1. The third-order valence-corrected chi connectivity index (χ3v) is 3.66. The Balaban J connectivity index is 1.80. The molecule has 1 amide bonds. The van der Waals surface area contributed by atoms with Crippen LogP contribution in [0.5, 0.6) is 0 Å². The van der Waals surface area contributed by atoms with Crippen molar-refractivity contribution in [3.05, 3.63) is 0 Å². The van der Waals surface area contributed by atoms with Gasteiger partial charge in [-0.3, -0.25) is 4.79 Å². The maximum Gasteiger partial charge on any atom is 0.224 e. The van der Waals surface area contributed by atoms with Crippen molar-refractivity contribution in [1.29, 1.82) is 0 Å². The first kappa shape index (κ1) is 12.8. The molecule has 4 nitrogen and oxygen atoms in total. The van der Waals surface area contributed by atoms with Crippen LogP contribution >= 0.6 is 0 Å². The summed E-state index contributed by atoms with van der Waals surface area (Å²) in [4.78, 5) is 16.4. The molecule has 1 aliphatic heterocycles. The summed E-state index contributed by atoms with van der Waals surface area (Å²) in [6.45, 7) is 2.91. The van der Waals surface area contributed by atoms with E-state index in [1.807, 2.05) is 14.1 Å². The smallest absolute Gasteiger partial charge is 0.224 e. The summed E-state index contributed by atoms with van der Waals surface area (Å²) >= 11 is 0. The van der Waals surface area contributed by atoms with E-state index in [-0.39, 0.29) is 0 Å². The quantitative estimate of drug-likeness (QED) is 0.740. The Morgan fingerprint density at radius 1 is 1.29 bits per heavy atom. The number of hydrogen-bond donors (Lipinski definition) is 1. The number of hydrogen-bond acceptors (Lipinski definition) is 3. The molecule has 0 bridgehead atoms. The molecule has 1 heterocycles. The first-order valence-corrected chi connectivity index (χ1v) is 6.84. The zero-order valence-electron chi connectivity index (χ0n) is 11.1. The van der Waals surface area contributed by atoms with Gasteiger partial charge in [-0.2, -0.15) is 0 Å². The second-order valence-corrected chi connectivity index (χ2v) is 5.62. The summed E-state index contributed by atoms with van der Waals surface area (Å²) in [7, 11) is 4.04. The second-order valence-electron chi connectivity index (χ2n) is 5.62. The number of carbonyl (C=O) groups is 1. The predicted octanol–water partition coefficient (Wildman–Crippen LogP) is 0.681. The second kappa shape index (κ2) is 5.83. The zero-order chi connectivity index (χ0) is 12.3. The standard InChI is InChI=1S/C13H25N3O/c1-15(2)9-7-13(17)16(12-5-6-12)10-11-4-3-8-14-11/h11-12,14H,3-10H2,1-2H3. The van der Waals surface area contributed by atoms with Gasteiger partial charge < -0.3 is 15.1 Å². The van der Waals surface area contributed by atoms with E-state index in [0.29, 0.717) is 24.4 Å². The normalized spacial score (nSPS) is 24.3. The van der Waals surface area contributed by atoms with Crippen molar-refractivity contribution in [1.82, 2.24) is 15.1 Å². The summed E-state index contributed by atoms with van der Waals surface area (Å²) in [5, 5.41) is 3.49. The van der Waals surface area contributed by atoms with Crippen LogP contribution in [0.4, 0.5) is 0 Å². The Morgan fingerprint density at radius 2 is 2.06 bits per heavy atom. The van der Waals surface area contributed by atoms with Crippen molar-refractivity contribution in [3.63, 3.8) is 0 Å². The van der Waals surface area contributed by atoms with Gasteiger partial charge in [0.15, 0.2) is 0 Å². The molecule has 1 N–H and O–H groups in total. The molecule has 2 fully saturated rings. The summed E-state index contributed by atoms with van der Waals surface area (Å²) in [6, 6.07) is 1.09. The fourth-order valence-corrected chi connectivity index (χ4v) is 2.45. The van der Waals surface area contributed by atoms with Crippen molar-refractivity contribution in [2.75, 3.05) is 33.7 Å². The molecular formula is C13H25N3O. The van der Waals surface area contributed by atoms with Crippen molar-refractivity contribution in [2.24, 2.45) is 0 Å². The van der Waals surface area contributed by atoms with Crippen molar-refractivity contribution < 1.29 is 4.79 Å². The number of carbonyl (C=O) groups excluding carboxylic acids is 1. The molecule has 1 aliphatic carbocycles. The van der Waals surface area contributed by atoms with Crippen molar-refractivity contribution in [2.45, 2.75) is 44.2 Å². The first-order chi connectivity index (χ1) is 8.16. The largest absolute Gasteiger partial charge is 0.338 e. The maximum atomic E-state index is 12.2. The van der Waals surface area contributed by atoms with E-state index < -0.39 is 0 Å². The van der Waals surface area contributed by atoms with E-state index >= 15 is 0 Å². The van der Waals surface area contributed by atoms with Gasteiger partial charge in [0.1, 0.15) is 0 Å². The van der Waals surface area contributed by atoms with Gasteiger partial charge in [0.25, 0.3) is 0 Å². The van der Waals surface area contributed by atoms with Gasteiger partial charge in [0, 0.05) is 31.6 Å². The predicted molar refractivity (Wildman–Crippen MR) is 68.9 cm³/mol. The van der Waals surface area contributed by atoms with E-state index in [2.05, 4.69) is 15.1 Å². The highest BCUT2D eigenvalue weighted by atomic mass is 16.2. The van der Waals surface area contributed by atoms with Crippen LogP contribution in [0.3, 0.4) is 0 Å². The average Bonchev–Trinajstić information content (AvgIpc) is 3.00. The van der Waals surface area contributed by atoms with E-state index in [1.54, 1.807) is 0 Å². The molecule has 1 unspecified atom stereocenters. The van der Waals surface area contributed by atoms with Crippen LogP contribution in [0, 0.1) is 0 Å². The Labute approximate surface area is 104 Å². The van der Waals surface area contributed by atoms with Gasteiger partial charge in [-0.05, 0) is 46.3 Å². The van der Waals surface area contributed by atoms with Crippen molar-refractivity contribution >= 4 is 5.91 Å². The highest BCUT2D eigenvalue weighted by molar-refractivity contribution is 5.77. The van der Waals surface area contributed by atoms with Crippen LogP contribution in [0.1, 0.15) is 32.1 Å². The number of nitrogens with one attached hydrogen (secondary N) is 1. The summed E-state index contributed by atoms with van der Waals surface area (Å²) in [6.07, 6.45) is 5.57. The van der Waals surface area contributed by atoms with Crippen LogP contribution in [0.2, 0.25) is 0 Å². The molecule has 0 spiro atoms. The summed E-state index contributed by atoms with van der Waals surface area (Å²) in [5.74, 6) is 0.342. The Kier molecular flexibility index (Phi) is 4.40. The molecule has 17 heavy (non-hydrogen) atoms. The minimum absolute atomic E-state index is 0.342. The lowest BCUT2D eigenvalue weighted by atomic mass is 10.2. The van der Waals surface area contributed by atoms with Crippen LogP contribution in [-0.2, 0) is 4.79 Å². The van der Waals surface area contributed by atoms with Gasteiger partial charge >= 0.3 is 0 Å². The lowest BCUT2D eigenvalue weighted by Crippen LogP contribution is -2.43. The van der Waals surface area contributed by atoms with E-state index in [4.69, 9.17) is 0 Å². The molecule has 1 saturated heterocycles. The Morgan fingerprint density at radius 3 is 2.59 bits per heavy atom. The molecule has 0 radical (unpaired) electrons. The van der Waals surface area contributed by atoms with E-state index in [1.165, 1.54) is 25.7 Å². The highest BCUT2D eigenvalue weighted by Gasteiger charge is 2.34. The summed E-state index contributed by atoms with van der Waals surface area (Å²) < 4.78 is 0. The molecule has 0 aromatic carbocycles. The molecule has 98 valence electrons. The molecule has 0 aromatic heterocycles. The van der Waals surface area contributed by atoms with Crippen LogP contribution in [0.15, 0.2) is 0 Å². The molecule has 2 aliphatic rings. The lowest BCUT2D eigenvalue weighted by Gasteiger charge is -2.26. The lowest BCUT2D eigenvalue weighted by molar-refractivity contribution is -0.132. The molecule has 0 aromatic rings.